The maximum atomic E-state index is 13.0. The van der Waals surface area contributed by atoms with Crippen molar-refractivity contribution < 1.29 is 9.59 Å². The number of hydrogen-bond donors (Lipinski definition) is 1. The molecule has 2 aliphatic heterocycles. The van der Waals surface area contributed by atoms with Crippen molar-refractivity contribution in [3.63, 3.8) is 0 Å². The number of hydrogen-bond acceptors (Lipinski definition) is 4. The molecule has 7 nitrogen and oxygen atoms in total. The van der Waals surface area contributed by atoms with Gasteiger partial charge in [0.2, 0.25) is 0 Å². The van der Waals surface area contributed by atoms with Crippen LogP contribution in [0.2, 0.25) is 0 Å². The number of piperidine rings is 1. The third-order valence-corrected chi connectivity index (χ3v) is 5.42. The Morgan fingerprint density at radius 2 is 1.86 bits per heavy atom. The number of likely N-dealkylation sites (tertiary alicyclic amines) is 1. The van der Waals surface area contributed by atoms with E-state index in [2.05, 4.69) is 16.4 Å². The topological polar surface area (TPSA) is 91.0 Å². The normalized spacial score (nSPS) is 16.2. The van der Waals surface area contributed by atoms with E-state index >= 15 is 0 Å². The van der Waals surface area contributed by atoms with Crippen molar-refractivity contribution in [1.29, 1.82) is 5.26 Å². The number of imidazole rings is 1. The minimum absolute atomic E-state index is 0.0756. The van der Waals surface area contributed by atoms with Crippen molar-refractivity contribution >= 4 is 17.5 Å². The maximum absolute atomic E-state index is 13.0. The summed E-state index contributed by atoms with van der Waals surface area (Å²) in [6.07, 6.45) is 5.88. The lowest BCUT2D eigenvalue weighted by Crippen LogP contribution is -2.37. The van der Waals surface area contributed by atoms with Crippen LogP contribution in [0.25, 0.3) is 0 Å². The van der Waals surface area contributed by atoms with Crippen molar-refractivity contribution in [3.8, 4) is 6.07 Å². The highest BCUT2D eigenvalue weighted by atomic mass is 16.2. The van der Waals surface area contributed by atoms with Gasteiger partial charge in [0, 0.05) is 25.3 Å². The van der Waals surface area contributed by atoms with E-state index in [0.29, 0.717) is 29.3 Å². The Morgan fingerprint density at radius 1 is 1.07 bits per heavy atom. The summed E-state index contributed by atoms with van der Waals surface area (Å²) in [5.41, 5.74) is 2.18. The molecule has 1 fully saturated rings. The van der Waals surface area contributed by atoms with Crippen LogP contribution in [0.15, 0.2) is 24.3 Å². The van der Waals surface area contributed by atoms with Crippen LogP contribution in [0.4, 0.5) is 5.69 Å². The molecule has 4 rings (SSSR count). The molecule has 0 aliphatic carbocycles. The number of fused-ring (bicyclic) bond motifs is 1. The number of anilines is 1. The minimum Gasteiger partial charge on any atom is -0.336 e. The van der Waals surface area contributed by atoms with Gasteiger partial charge in [-0.15, -0.1) is 0 Å². The molecule has 3 heterocycles. The summed E-state index contributed by atoms with van der Waals surface area (Å²) in [6.45, 7) is 2.22. The Hall–Kier alpha value is -3.14. The van der Waals surface area contributed by atoms with Crippen LogP contribution in [-0.4, -0.2) is 39.4 Å². The fourth-order valence-electron chi connectivity index (χ4n) is 3.98. The lowest BCUT2D eigenvalue weighted by Gasteiger charge is -2.27. The Labute approximate surface area is 164 Å². The molecule has 0 saturated carbocycles. The summed E-state index contributed by atoms with van der Waals surface area (Å²) in [5.74, 6) is -0.0284. The third kappa shape index (κ3) is 3.50. The number of aromatic nitrogens is 2. The first-order valence-electron chi connectivity index (χ1n) is 9.87. The fourth-order valence-corrected chi connectivity index (χ4v) is 3.98. The first kappa shape index (κ1) is 18.2. The molecule has 2 aliphatic rings. The molecule has 0 spiro atoms. The number of carbonyl (C=O) groups excluding carboxylic acids is 2. The van der Waals surface area contributed by atoms with Gasteiger partial charge in [-0.3, -0.25) is 9.59 Å². The second-order valence-electron chi connectivity index (χ2n) is 7.34. The van der Waals surface area contributed by atoms with Gasteiger partial charge in [0.1, 0.15) is 0 Å². The molecule has 0 unspecified atom stereocenters. The van der Waals surface area contributed by atoms with Crippen LogP contribution in [0.1, 0.15) is 64.5 Å². The number of amides is 2. The second kappa shape index (κ2) is 7.85. The monoisotopic (exact) mass is 377 g/mol. The van der Waals surface area contributed by atoms with Crippen LogP contribution in [-0.2, 0) is 13.0 Å². The molecule has 1 N–H and O–H groups in total. The largest absolute Gasteiger partial charge is 0.336 e. The van der Waals surface area contributed by atoms with Crippen molar-refractivity contribution in [2.45, 2.75) is 45.1 Å². The molecule has 1 aromatic carbocycles. The van der Waals surface area contributed by atoms with E-state index in [4.69, 9.17) is 5.26 Å². The summed E-state index contributed by atoms with van der Waals surface area (Å²) >= 11 is 0. The predicted octanol–water partition coefficient (Wildman–Crippen LogP) is 2.97. The molecular formula is C21H23N5O2. The molecule has 7 heteroatoms. The molecule has 0 atom stereocenters. The zero-order valence-electron chi connectivity index (χ0n) is 15.8. The van der Waals surface area contributed by atoms with E-state index < -0.39 is 0 Å². The van der Waals surface area contributed by atoms with Crippen LogP contribution in [0.5, 0.6) is 0 Å². The first-order valence-corrected chi connectivity index (χ1v) is 9.87. The predicted molar refractivity (Wildman–Crippen MR) is 104 cm³/mol. The molecular weight excluding hydrogens is 354 g/mol. The fraction of sp³-hybridized carbons (Fsp3) is 0.429. The van der Waals surface area contributed by atoms with E-state index in [-0.39, 0.29) is 11.8 Å². The van der Waals surface area contributed by atoms with Gasteiger partial charge in [-0.2, -0.15) is 5.26 Å². The third-order valence-electron chi connectivity index (χ3n) is 5.42. The Bertz CT molecular complexity index is 950. The van der Waals surface area contributed by atoms with Crippen LogP contribution >= 0.6 is 0 Å². The highest BCUT2D eigenvalue weighted by Gasteiger charge is 2.30. The molecule has 1 saturated heterocycles. The smallest absolute Gasteiger partial charge is 0.289 e. The summed E-state index contributed by atoms with van der Waals surface area (Å²) in [6, 6.07) is 8.84. The number of nitrogens with one attached hydrogen (secondary N) is 1. The molecule has 1 aromatic heterocycles. The zero-order chi connectivity index (χ0) is 19.5. The number of nitriles is 1. The van der Waals surface area contributed by atoms with E-state index in [1.54, 1.807) is 24.3 Å². The SMILES string of the molecule is N#Cc1cccc(NC(=O)c2nc(C(=O)N3CCCCC3)n3c2CCCC3)c1. The summed E-state index contributed by atoms with van der Waals surface area (Å²) < 4.78 is 1.93. The summed E-state index contributed by atoms with van der Waals surface area (Å²) in [4.78, 5) is 32.3. The van der Waals surface area contributed by atoms with Gasteiger partial charge in [-0.25, -0.2) is 4.98 Å². The zero-order valence-corrected chi connectivity index (χ0v) is 15.8. The van der Waals surface area contributed by atoms with Crippen molar-refractivity contribution in [3.05, 3.63) is 47.0 Å². The Kier molecular flexibility index (Phi) is 5.11. The van der Waals surface area contributed by atoms with E-state index in [0.717, 1.165) is 57.3 Å². The lowest BCUT2D eigenvalue weighted by atomic mass is 10.1. The van der Waals surface area contributed by atoms with Gasteiger partial charge in [0.25, 0.3) is 11.8 Å². The molecule has 28 heavy (non-hydrogen) atoms. The standard InChI is InChI=1S/C21H23N5O2/c22-14-15-7-6-8-16(13-15)23-20(27)18-17-9-2-5-12-26(17)19(24-18)21(28)25-10-3-1-4-11-25/h6-8,13H,1-5,9-12H2,(H,23,27). The van der Waals surface area contributed by atoms with Gasteiger partial charge in [0.15, 0.2) is 11.5 Å². The van der Waals surface area contributed by atoms with Crippen LogP contribution in [0.3, 0.4) is 0 Å². The lowest BCUT2D eigenvalue weighted by molar-refractivity contribution is 0.0705. The number of carbonyl (C=O) groups is 2. The Morgan fingerprint density at radius 3 is 2.64 bits per heavy atom. The highest BCUT2D eigenvalue weighted by molar-refractivity contribution is 6.05. The highest BCUT2D eigenvalue weighted by Crippen LogP contribution is 2.24. The van der Waals surface area contributed by atoms with E-state index in [1.165, 1.54) is 0 Å². The van der Waals surface area contributed by atoms with Gasteiger partial charge in [0.05, 0.1) is 17.3 Å². The maximum Gasteiger partial charge on any atom is 0.289 e. The number of nitrogens with zero attached hydrogens (tertiary/aromatic N) is 4. The van der Waals surface area contributed by atoms with Crippen molar-refractivity contribution in [2.75, 3.05) is 18.4 Å². The first-order chi connectivity index (χ1) is 13.7. The van der Waals surface area contributed by atoms with Gasteiger partial charge < -0.3 is 14.8 Å². The van der Waals surface area contributed by atoms with Crippen molar-refractivity contribution in [2.24, 2.45) is 0 Å². The van der Waals surface area contributed by atoms with Gasteiger partial charge in [-0.05, 0) is 56.7 Å². The summed E-state index contributed by atoms with van der Waals surface area (Å²) in [5, 5.41) is 11.9. The number of rotatable bonds is 3. The summed E-state index contributed by atoms with van der Waals surface area (Å²) in [7, 11) is 0. The molecule has 0 bridgehead atoms. The minimum atomic E-state index is -0.335. The molecule has 0 radical (unpaired) electrons. The van der Waals surface area contributed by atoms with Gasteiger partial charge in [-0.1, -0.05) is 6.07 Å². The van der Waals surface area contributed by atoms with Gasteiger partial charge >= 0.3 is 0 Å². The van der Waals surface area contributed by atoms with E-state index in [1.807, 2.05) is 9.47 Å². The van der Waals surface area contributed by atoms with Crippen LogP contribution < -0.4 is 5.32 Å². The average Bonchev–Trinajstić information content (AvgIpc) is 3.14. The second-order valence-corrected chi connectivity index (χ2v) is 7.34. The van der Waals surface area contributed by atoms with Crippen LogP contribution in [0, 0.1) is 11.3 Å². The molecule has 2 aromatic rings. The van der Waals surface area contributed by atoms with Crippen molar-refractivity contribution in [1.82, 2.24) is 14.5 Å². The Balaban J connectivity index is 1.63. The van der Waals surface area contributed by atoms with E-state index in [9.17, 15) is 9.59 Å². The molecule has 144 valence electrons. The quantitative estimate of drug-likeness (QED) is 0.890. The molecule has 2 amide bonds. The number of benzene rings is 1. The average molecular weight is 377 g/mol.